The Hall–Kier alpha value is -2.38. The lowest BCUT2D eigenvalue weighted by atomic mass is 9.91. The van der Waals surface area contributed by atoms with Crippen LogP contribution in [0.2, 0.25) is 0 Å². The van der Waals surface area contributed by atoms with Crippen LogP contribution in [0.1, 0.15) is 24.0 Å². The first-order chi connectivity index (χ1) is 12.9. The lowest BCUT2D eigenvalue weighted by Crippen LogP contribution is -2.57. The molecule has 7 heteroatoms. The van der Waals surface area contributed by atoms with Gasteiger partial charge in [-0.25, -0.2) is 13.2 Å². The van der Waals surface area contributed by atoms with E-state index in [9.17, 15) is 23.1 Å². The van der Waals surface area contributed by atoms with Crippen LogP contribution in [0.3, 0.4) is 0 Å². The largest absolute Gasteiger partial charge is 0.379 e. The van der Waals surface area contributed by atoms with E-state index in [1.807, 2.05) is 0 Å². The summed E-state index contributed by atoms with van der Waals surface area (Å²) >= 11 is 0. The second-order valence-corrected chi connectivity index (χ2v) is 6.81. The molecule has 0 unspecified atom stereocenters. The molecular formula is C20H21F3N2O2. The fraction of sp³-hybridized carbons (Fsp3) is 0.350. The molecular weight excluding hydrogens is 357 g/mol. The van der Waals surface area contributed by atoms with Crippen molar-refractivity contribution in [1.82, 2.24) is 10.2 Å². The SMILES string of the molecule is O=C1N(Cc2ccc(F)c(F)c2)CCC[C@@]1(O)CNCc1ccccc1F. The highest BCUT2D eigenvalue weighted by molar-refractivity contribution is 5.86. The van der Waals surface area contributed by atoms with Gasteiger partial charge in [0.1, 0.15) is 5.82 Å². The van der Waals surface area contributed by atoms with Gasteiger partial charge in [-0.2, -0.15) is 0 Å². The van der Waals surface area contributed by atoms with Gasteiger partial charge in [-0.3, -0.25) is 4.79 Å². The van der Waals surface area contributed by atoms with E-state index < -0.39 is 23.1 Å². The van der Waals surface area contributed by atoms with Crippen molar-refractivity contribution in [1.29, 1.82) is 0 Å². The molecule has 1 aliphatic heterocycles. The highest BCUT2D eigenvalue weighted by Gasteiger charge is 2.41. The Morgan fingerprint density at radius 2 is 1.85 bits per heavy atom. The summed E-state index contributed by atoms with van der Waals surface area (Å²) in [5, 5.41) is 13.7. The van der Waals surface area contributed by atoms with E-state index in [0.29, 0.717) is 24.1 Å². The summed E-state index contributed by atoms with van der Waals surface area (Å²) < 4.78 is 40.1. The molecule has 1 atom stereocenters. The van der Waals surface area contributed by atoms with Crippen LogP contribution in [-0.2, 0) is 17.9 Å². The van der Waals surface area contributed by atoms with Crippen molar-refractivity contribution in [3.8, 4) is 0 Å². The first kappa shape index (κ1) is 19.4. The Balaban J connectivity index is 1.62. The zero-order valence-corrected chi connectivity index (χ0v) is 14.7. The number of carbonyl (C=O) groups is 1. The van der Waals surface area contributed by atoms with Crippen molar-refractivity contribution in [3.05, 3.63) is 71.0 Å². The Labute approximate surface area is 155 Å². The van der Waals surface area contributed by atoms with Gasteiger partial charge in [0.2, 0.25) is 0 Å². The third-order valence-corrected chi connectivity index (χ3v) is 4.75. The van der Waals surface area contributed by atoms with Gasteiger partial charge in [0.25, 0.3) is 5.91 Å². The molecule has 0 bridgehead atoms. The van der Waals surface area contributed by atoms with Crippen LogP contribution in [0.5, 0.6) is 0 Å². The molecule has 1 aliphatic rings. The van der Waals surface area contributed by atoms with Crippen molar-refractivity contribution in [2.75, 3.05) is 13.1 Å². The predicted molar refractivity (Wildman–Crippen MR) is 94.1 cm³/mol. The summed E-state index contributed by atoms with van der Waals surface area (Å²) in [7, 11) is 0. The smallest absolute Gasteiger partial charge is 0.256 e. The third-order valence-electron chi connectivity index (χ3n) is 4.75. The number of halogens is 3. The van der Waals surface area contributed by atoms with Crippen LogP contribution in [-0.4, -0.2) is 34.6 Å². The van der Waals surface area contributed by atoms with E-state index in [0.717, 1.165) is 12.1 Å². The van der Waals surface area contributed by atoms with Gasteiger partial charge in [0.05, 0.1) is 0 Å². The molecule has 2 aromatic carbocycles. The van der Waals surface area contributed by atoms with E-state index in [-0.39, 0.29) is 31.9 Å². The molecule has 0 saturated carbocycles. The highest BCUT2D eigenvalue weighted by Crippen LogP contribution is 2.24. The summed E-state index contributed by atoms with van der Waals surface area (Å²) in [6.45, 7) is 0.680. The van der Waals surface area contributed by atoms with Crippen LogP contribution in [0, 0.1) is 17.5 Å². The van der Waals surface area contributed by atoms with E-state index in [1.165, 1.54) is 17.0 Å². The minimum Gasteiger partial charge on any atom is -0.379 e. The number of amides is 1. The van der Waals surface area contributed by atoms with Gasteiger partial charge < -0.3 is 15.3 Å². The Kier molecular flexibility index (Phi) is 5.82. The fourth-order valence-electron chi connectivity index (χ4n) is 3.28. The topological polar surface area (TPSA) is 52.6 Å². The summed E-state index contributed by atoms with van der Waals surface area (Å²) in [5.74, 6) is -2.75. The Morgan fingerprint density at radius 1 is 1.07 bits per heavy atom. The van der Waals surface area contributed by atoms with Crippen molar-refractivity contribution in [3.63, 3.8) is 0 Å². The Bertz CT molecular complexity index is 831. The number of nitrogens with one attached hydrogen (secondary N) is 1. The monoisotopic (exact) mass is 378 g/mol. The van der Waals surface area contributed by atoms with Gasteiger partial charge in [-0.15, -0.1) is 0 Å². The van der Waals surface area contributed by atoms with E-state index in [4.69, 9.17) is 0 Å². The first-order valence-corrected chi connectivity index (χ1v) is 8.79. The van der Waals surface area contributed by atoms with E-state index in [2.05, 4.69) is 5.32 Å². The van der Waals surface area contributed by atoms with Crippen LogP contribution >= 0.6 is 0 Å². The van der Waals surface area contributed by atoms with Gasteiger partial charge in [-0.1, -0.05) is 24.3 Å². The van der Waals surface area contributed by atoms with Crippen molar-refractivity contribution in [2.24, 2.45) is 0 Å². The first-order valence-electron chi connectivity index (χ1n) is 8.79. The Morgan fingerprint density at radius 3 is 2.59 bits per heavy atom. The number of benzene rings is 2. The molecule has 2 N–H and O–H groups in total. The lowest BCUT2D eigenvalue weighted by Gasteiger charge is -2.38. The second-order valence-electron chi connectivity index (χ2n) is 6.81. The van der Waals surface area contributed by atoms with E-state index in [1.54, 1.807) is 18.2 Å². The number of hydrogen-bond acceptors (Lipinski definition) is 3. The quantitative estimate of drug-likeness (QED) is 0.813. The summed E-state index contributed by atoms with van der Waals surface area (Å²) in [5.41, 5.74) is -0.712. The molecule has 144 valence electrons. The summed E-state index contributed by atoms with van der Waals surface area (Å²) in [6, 6.07) is 9.76. The molecule has 4 nitrogen and oxygen atoms in total. The van der Waals surface area contributed by atoms with Gasteiger partial charge in [0.15, 0.2) is 17.2 Å². The normalized spacial score (nSPS) is 20.1. The summed E-state index contributed by atoms with van der Waals surface area (Å²) in [6.07, 6.45) is 0.859. The molecule has 0 spiro atoms. The fourth-order valence-corrected chi connectivity index (χ4v) is 3.28. The maximum absolute atomic E-state index is 13.7. The van der Waals surface area contributed by atoms with E-state index >= 15 is 0 Å². The molecule has 2 aromatic rings. The number of hydrogen-bond donors (Lipinski definition) is 2. The predicted octanol–water partition coefficient (Wildman–Crippen LogP) is 2.75. The van der Waals surface area contributed by atoms with Crippen LogP contribution in [0.25, 0.3) is 0 Å². The number of likely N-dealkylation sites (tertiary alicyclic amines) is 1. The van der Waals surface area contributed by atoms with Crippen LogP contribution < -0.4 is 5.32 Å². The number of carbonyl (C=O) groups excluding carboxylic acids is 1. The van der Waals surface area contributed by atoms with Gasteiger partial charge in [0, 0.05) is 31.7 Å². The molecule has 1 saturated heterocycles. The second kappa shape index (κ2) is 8.10. The number of aliphatic hydroxyl groups is 1. The minimum absolute atomic E-state index is 0.0194. The number of rotatable bonds is 6. The number of nitrogens with zero attached hydrogens (tertiary/aromatic N) is 1. The third kappa shape index (κ3) is 4.48. The maximum atomic E-state index is 13.7. The minimum atomic E-state index is -1.61. The van der Waals surface area contributed by atoms with Crippen molar-refractivity contribution < 1.29 is 23.1 Å². The van der Waals surface area contributed by atoms with Gasteiger partial charge in [-0.05, 0) is 36.6 Å². The van der Waals surface area contributed by atoms with Crippen LogP contribution in [0.4, 0.5) is 13.2 Å². The molecule has 1 amide bonds. The molecule has 27 heavy (non-hydrogen) atoms. The van der Waals surface area contributed by atoms with Crippen molar-refractivity contribution in [2.45, 2.75) is 31.5 Å². The molecule has 3 rings (SSSR count). The average molecular weight is 378 g/mol. The van der Waals surface area contributed by atoms with Gasteiger partial charge >= 0.3 is 0 Å². The van der Waals surface area contributed by atoms with Crippen LogP contribution in [0.15, 0.2) is 42.5 Å². The molecule has 1 fully saturated rings. The zero-order chi connectivity index (χ0) is 19.4. The average Bonchev–Trinajstić information content (AvgIpc) is 2.64. The zero-order valence-electron chi connectivity index (χ0n) is 14.7. The standard InChI is InChI=1S/C20H21F3N2O2/c21-16-5-2-1-4-15(16)11-24-13-20(27)8-3-9-25(19(20)26)12-14-6-7-17(22)18(23)10-14/h1-2,4-7,10,24,27H,3,8-9,11-13H2/t20-/m1/s1. The highest BCUT2D eigenvalue weighted by atomic mass is 19.2. The van der Waals surface area contributed by atoms with Crippen molar-refractivity contribution >= 4 is 5.91 Å². The maximum Gasteiger partial charge on any atom is 0.256 e. The molecule has 0 aliphatic carbocycles. The molecule has 1 heterocycles. The molecule has 0 radical (unpaired) electrons. The lowest BCUT2D eigenvalue weighted by molar-refractivity contribution is -0.157. The number of piperidine rings is 1. The summed E-state index contributed by atoms with van der Waals surface area (Å²) in [4.78, 5) is 14.1. The molecule has 0 aromatic heterocycles.